The van der Waals surface area contributed by atoms with Crippen LogP contribution in [0.2, 0.25) is 0 Å². The second-order valence-corrected chi connectivity index (χ2v) is 10.2. The molecule has 9 heteroatoms. The zero-order valence-corrected chi connectivity index (χ0v) is 19.6. The summed E-state index contributed by atoms with van der Waals surface area (Å²) in [5.41, 5.74) is 3.24. The average Bonchev–Trinajstić information content (AvgIpc) is 3.13. The van der Waals surface area contributed by atoms with E-state index in [1.54, 1.807) is 36.3 Å². The Morgan fingerprint density at radius 3 is 2.90 bits per heavy atom. The lowest BCUT2D eigenvalue weighted by Crippen LogP contribution is -2.39. The molecule has 0 saturated heterocycles. The number of nitrogens with zero attached hydrogens (tertiary/aromatic N) is 3. The SMILES string of the molecule is COc1cc2[nH]sc2cc1Nc1ncnc2sc3c(c12)CC[C@H](C(=O)N(C)C(C)C)C3. The number of benzene rings is 1. The lowest BCUT2D eigenvalue weighted by Gasteiger charge is -2.29. The van der Waals surface area contributed by atoms with E-state index in [1.165, 1.54) is 15.1 Å². The molecule has 0 unspecified atom stereocenters. The molecule has 0 saturated carbocycles. The third kappa shape index (κ3) is 3.45. The normalized spacial score (nSPS) is 16.1. The van der Waals surface area contributed by atoms with E-state index < -0.39 is 0 Å². The number of anilines is 2. The predicted octanol–water partition coefficient (Wildman–Crippen LogP) is 4.96. The number of H-pyrrole nitrogens is 1. The minimum absolute atomic E-state index is 0.0370. The van der Waals surface area contributed by atoms with Crippen LogP contribution >= 0.6 is 22.9 Å². The van der Waals surface area contributed by atoms with Crippen molar-refractivity contribution in [1.82, 2.24) is 19.2 Å². The minimum Gasteiger partial charge on any atom is -0.494 e. The first-order valence-electron chi connectivity index (χ1n) is 10.4. The summed E-state index contributed by atoms with van der Waals surface area (Å²) < 4.78 is 9.96. The summed E-state index contributed by atoms with van der Waals surface area (Å²) >= 11 is 3.28. The largest absolute Gasteiger partial charge is 0.494 e. The van der Waals surface area contributed by atoms with Crippen LogP contribution in [0, 0.1) is 5.92 Å². The number of carbonyl (C=O) groups is 1. The Balaban J connectivity index is 1.49. The van der Waals surface area contributed by atoms with E-state index in [2.05, 4.69) is 39.6 Å². The molecular weight excluding hydrogens is 430 g/mol. The van der Waals surface area contributed by atoms with E-state index in [0.29, 0.717) is 0 Å². The van der Waals surface area contributed by atoms with Gasteiger partial charge in [0.15, 0.2) is 0 Å². The highest BCUT2D eigenvalue weighted by molar-refractivity contribution is 7.19. The predicted molar refractivity (Wildman–Crippen MR) is 127 cm³/mol. The van der Waals surface area contributed by atoms with Crippen LogP contribution in [0.3, 0.4) is 0 Å². The highest BCUT2D eigenvalue weighted by atomic mass is 32.1. The van der Waals surface area contributed by atoms with Crippen LogP contribution in [0.25, 0.3) is 20.4 Å². The van der Waals surface area contributed by atoms with Gasteiger partial charge in [-0.15, -0.1) is 11.3 Å². The Morgan fingerprint density at radius 1 is 1.35 bits per heavy atom. The summed E-state index contributed by atoms with van der Waals surface area (Å²) in [5, 5.41) is 4.56. The zero-order chi connectivity index (χ0) is 21.7. The summed E-state index contributed by atoms with van der Waals surface area (Å²) in [4.78, 5) is 26.1. The van der Waals surface area contributed by atoms with Crippen molar-refractivity contribution < 1.29 is 9.53 Å². The van der Waals surface area contributed by atoms with Gasteiger partial charge in [0.2, 0.25) is 5.91 Å². The maximum absolute atomic E-state index is 12.9. The summed E-state index contributed by atoms with van der Waals surface area (Å²) in [5.74, 6) is 1.84. The molecule has 0 fully saturated rings. The monoisotopic (exact) mass is 455 g/mol. The molecule has 3 heterocycles. The standard InChI is InChI=1S/C22H25N5O2S2/c1-11(2)27(3)22(28)12-5-6-13-17(7-12)30-21-19(13)20(23-10-24-21)25-14-9-18-15(26-31-18)8-16(14)29-4/h8-12,26H,5-7H2,1-4H3,(H,23,24,25)/t12-/m0/s1. The zero-order valence-electron chi connectivity index (χ0n) is 18.0. The molecule has 0 bridgehead atoms. The number of fused-ring (bicyclic) bond motifs is 4. The van der Waals surface area contributed by atoms with E-state index in [4.69, 9.17) is 4.74 Å². The molecule has 1 amide bonds. The fraction of sp³-hybridized carbons (Fsp3) is 0.409. The molecule has 3 aromatic heterocycles. The molecular formula is C22H25N5O2S2. The van der Waals surface area contributed by atoms with Gasteiger partial charge in [0.1, 0.15) is 22.7 Å². The lowest BCUT2D eigenvalue weighted by atomic mass is 9.86. The van der Waals surface area contributed by atoms with Gasteiger partial charge >= 0.3 is 0 Å². The van der Waals surface area contributed by atoms with Gasteiger partial charge in [-0.2, -0.15) is 0 Å². The van der Waals surface area contributed by atoms with Gasteiger partial charge in [-0.1, -0.05) is 11.5 Å². The van der Waals surface area contributed by atoms with Crippen LogP contribution in [0.1, 0.15) is 30.7 Å². The number of methoxy groups -OCH3 is 1. The molecule has 1 aliphatic carbocycles. The van der Waals surface area contributed by atoms with Gasteiger partial charge in [-0.25, -0.2) is 9.97 Å². The van der Waals surface area contributed by atoms with Crippen molar-refractivity contribution in [1.29, 1.82) is 0 Å². The van der Waals surface area contributed by atoms with Crippen molar-refractivity contribution in [2.24, 2.45) is 5.92 Å². The minimum atomic E-state index is 0.0370. The van der Waals surface area contributed by atoms with Crippen molar-refractivity contribution >= 4 is 60.7 Å². The van der Waals surface area contributed by atoms with E-state index in [9.17, 15) is 4.79 Å². The molecule has 7 nitrogen and oxygen atoms in total. The van der Waals surface area contributed by atoms with Crippen LogP contribution in [-0.4, -0.2) is 45.3 Å². The van der Waals surface area contributed by atoms with Crippen LogP contribution in [-0.2, 0) is 17.6 Å². The molecule has 0 spiro atoms. The van der Waals surface area contributed by atoms with Crippen LogP contribution in [0.4, 0.5) is 11.5 Å². The highest BCUT2D eigenvalue weighted by Gasteiger charge is 2.31. The van der Waals surface area contributed by atoms with E-state index in [-0.39, 0.29) is 17.9 Å². The first-order valence-corrected chi connectivity index (χ1v) is 12.0. The van der Waals surface area contributed by atoms with Crippen LogP contribution in [0.15, 0.2) is 18.5 Å². The molecule has 5 rings (SSSR count). The van der Waals surface area contributed by atoms with E-state index in [1.807, 2.05) is 18.0 Å². The van der Waals surface area contributed by atoms with Gasteiger partial charge in [0, 0.05) is 30.0 Å². The second kappa shape index (κ2) is 7.80. The van der Waals surface area contributed by atoms with Gasteiger partial charge in [0.25, 0.3) is 0 Å². The van der Waals surface area contributed by atoms with Gasteiger partial charge in [-0.3, -0.25) is 4.79 Å². The molecule has 1 atom stereocenters. The summed E-state index contributed by atoms with van der Waals surface area (Å²) in [6, 6.07) is 4.29. The van der Waals surface area contributed by atoms with Crippen LogP contribution < -0.4 is 10.1 Å². The molecule has 0 radical (unpaired) electrons. The Kier molecular flexibility index (Phi) is 5.10. The Hall–Kier alpha value is -2.65. The fourth-order valence-corrected chi connectivity index (χ4v) is 6.04. The van der Waals surface area contributed by atoms with Crippen LogP contribution in [0.5, 0.6) is 5.75 Å². The number of aryl methyl sites for hydroxylation is 1. The molecule has 1 aliphatic rings. The first kappa shape index (κ1) is 20.3. The molecule has 1 aromatic carbocycles. The smallest absolute Gasteiger partial charge is 0.226 e. The number of amides is 1. The average molecular weight is 456 g/mol. The second-order valence-electron chi connectivity index (χ2n) is 8.27. The Bertz CT molecular complexity index is 1270. The van der Waals surface area contributed by atoms with Crippen molar-refractivity contribution in [3.8, 4) is 5.75 Å². The van der Waals surface area contributed by atoms with Gasteiger partial charge in [0.05, 0.1) is 28.4 Å². The van der Waals surface area contributed by atoms with Crippen molar-refractivity contribution in [2.45, 2.75) is 39.2 Å². The summed E-state index contributed by atoms with van der Waals surface area (Å²) in [6.45, 7) is 4.11. The molecule has 0 aliphatic heterocycles. The number of thiophene rings is 1. The highest BCUT2D eigenvalue weighted by Crippen LogP contribution is 2.42. The number of rotatable bonds is 5. The molecule has 2 N–H and O–H groups in total. The maximum atomic E-state index is 12.9. The Labute approximate surface area is 188 Å². The maximum Gasteiger partial charge on any atom is 0.226 e. The quantitative estimate of drug-likeness (QED) is 0.444. The van der Waals surface area contributed by atoms with Crippen molar-refractivity contribution in [2.75, 3.05) is 19.5 Å². The summed E-state index contributed by atoms with van der Waals surface area (Å²) in [6.07, 6.45) is 4.09. The lowest BCUT2D eigenvalue weighted by molar-refractivity contribution is -0.136. The molecule has 31 heavy (non-hydrogen) atoms. The third-order valence-corrected chi connectivity index (χ3v) is 8.18. The van der Waals surface area contributed by atoms with E-state index in [0.717, 1.165) is 52.3 Å². The first-order chi connectivity index (χ1) is 15.0. The van der Waals surface area contributed by atoms with E-state index >= 15 is 0 Å². The topological polar surface area (TPSA) is 83.1 Å². The van der Waals surface area contributed by atoms with Crippen molar-refractivity contribution in [3.05, 3.63) is 28.9 Å². The third-order valence-electron chi connectivity index (χ3n) is 6.14. The number of hydrogen-bond donors (Lipinski definition) is 2. The fourth-order valence-electron chi connectivity index (χ4n) is 4.14. The summed E-state index contributed by atoms with van der Waals surface area (Å²) in [7, 11) is 3.57. The van der Waals surface area contributed by atoms with Crippen molar-refractivity contribution in [3.63, 3.8) is 0 Å². The molecule has 4 aromatic rings. The number of hydrogen-bond acceptors (Lipinski definition) is 7. The Morgan fingerprint density at radius 2 is 2.19 bits per heavy atom. The number of carbonyl (C=O) groups excluding carboxylic acids is 1. The van der Waals surface area contributed by atoms with Gasteiger partial charge in [-0.05, 0) is 44.7 Å². The number of aromatic amines is 1. The number of nitrogens with one attached hydrogen (secondary N) is 2. The van der Waals surface area contributed by atoms with Gasteiger partial charge < -0.3 is 19.3 Å². The number of aromatic nitrogens is 3. The number of ether oxygens (including phenoxy) is 1. The molecule has 162 valence electrons.